The van der Waals surface area contributed by atoms with Crippen molar-refractivity contribution in [2.75, 3.05) is 5.73 Å². The number of sulfonamides is 1. The lowest BCUT2D eigenvalue weighted by Crippen LogP contribution is -2.34. The van der Waals surface area contributed by atoms with Crippen molar-refractivity contribution in [1.29, 1.82) is 0 Å². The van der Waals surface area contributed by atoms with Crippen LogP contribution in [0.1, 0.15) is 32.8 Å². The third kappa shape index (κ3) is 4.37. The van der Waals surface area contributed by atoms with Gasteiger partial charge < -0.3 is 5.73 Å². The van der Waals surface area contributed by atoms with Crippen molar-refractivity contribution in [2.24, 2.45) is 5.92 Å². The van der Waals surface area contributed by atoms with E-state index in [2.05, 4.69) is 18.6 Å². The zero-order valence-corrected chi connectivity index (χ0v) is 13.3. The highest BCUT2D eigenvalue weighted by Crippen LogP contribution is 2.26. The molecular formula is C13H21ClN2O2S. The van der Waals surface area contributed by atoms with Gasteiger partial charge in [-0.2, -0.15) is 0 Å². The Hall–Kier alpha value is -0.780. The highest BCUT2D eigenvalue weighted by atomic mass is 35.5. The summed E-state index contributed by atoms with van der Waals surface area (Å²) in [6.07, 6.45) is 0.779. The van der Waals surface area contributed by atoms with Gasteiger partial charge in [-0.25, -0.2) is 13.1 Å². The van der Waals surface area contributed by atoms with E-state index >= 15 is 0 Å². The fraction of sp³-hybridized carbons (Fsp3) is 0.538. The van der Waals surface area contributed by atoms with Crippen LogP contribution in [0, 0.1) is 12.8 Å². The molecule has 1 aromatic carbocycles. The molecule has 0 spiro atoms. The van der Waals surface area contributed by atoms with E-state index < -0.39 is 10.0 Å². The number of nitrogens with two attached hydrogens (primary N) is 1. The number of nitrogen functional groups attached to an aromatic ring is 1. The molecular weight excluding hydrogens is 284 g/mol. The molecule has 0 fully saturated rings. The molecule has 0 aliphatic heterocycles. The van der Waals surface area contributed by atoms with Crippen molar-refractivity contribution in [3.63, 3.8) is 0 Å². The number of hydrogen-bond donors (Lipinski definition) is 2. The maximum atomic E-state index is 12.3. The monoisotopic (exact) mass is 304 g/mol. The van der Waals surface area contributed by atoms with Gasteiger partial charge in [-0.05, 0) is 43.9 Å². The van der Waals surface area contributed by atoms with Crippen molar-refractivity contribution in [3.05, 3.63) is 22.7 Å². The number of halogens is 1. The minimum absolute atomic E-state index is 0.124. The van der Waals surface area contributed by atoms with Crippen LogP contribution in [0.3, 0.4) is 0 Å². The maximum absolute atomic E-state index is 12.3. The Kier molecular flexibility index (Phi) is 5.24. The molecule has 0 amide bonds. The molecule has 1 aromatic rings. The molecule has 1 rings (SSSR count). The minimum Gasteiger partial charge on any atom is -0.397 e. The zero-order chi connectivity index (χ0) is 14.8. The Morgan fingerprint density at radius 1 is 1.32 bits per heavy atom. The fourth-order valence-electron chi connectivity index (χ4n) is 2.04. The first-order chi connectivity index (χ1) is 8.63. The van der Waals surface area contributed by atoms with Gasteiger partial charge in [0.1, 0.15) is 0 Å². The quantitative estimate of drug-likeness (QED) is 0.822. The van der Waals surface area contributed by atoms with E-state index in [4.69, 9.17) is 17.3 Å². The molecule has 1 unspecified atom stereocenters. The van der Waals surface area contributed by atoms with Gasteiger partial charge in [0.25, 0.3) is 0 Å². The van der Waals surface area contributed by atoms with Gasteiger partial charge in [0.2, 0.25) is 10.0 Å². The van der Waals surface area contributed by atoms with Crippen molar-refractivity contribution < 1.29 is 8.42 Å². The summed E-state index contributed by atoms with van der Waals surface area (Å²) in [5, 5.41) is 0.367. The van der Waals surface area contributed by atoms with Crippen LogP contribution in [0.25, 0.3) is 0 Å². The van der Waals surface area contributed by atoms with Crippen molar-refractivity contribution >= 4 is 27.3 Å². The van der Waals surface area contributed by atoms with Gasteiger partial charge in [-0.15, -0.1) is 0 Å². The van der Waals surface area contributed by atoms with Gasteiger partial charge in [-0.3, -0.25) is 0 Å². The first kappa shape index (κ1) is 16.3. The van der Waals surface area contributed by atoms with Crippen molar-refractivity contribution in [3.8, 4) is 0 Å². The summed E-state index contributed by atoms with van der Waals surface area (Å²) < 4.78 is 27.3. The van der Waals surface area contributed by atoms with Gasteiger partial charge in [0, 0.05) is 6.04 Å². The van der Waals surface area contributed by atoms with Gasteiger partial charge in [-0.1, -0.05) is 25.4 Å². The average Bonchev–Trinajstić information content (AvgIpc) is 2.20. The van der Waals surface area contributed by atoms with Crippen LogP contribution in [-0.2, 0) is 10.0 Å². The smallest absolute Gasteiger partial charge is 0.241 e. The largest absolute Gasteiger partial charge is 0.397 e. The summed E-state index contributed by atoms with van der Waals surface area (Å²) in [5.74, 6) is 0.425. The van der Waals surface area contributed by atoms with E-state index in [0.29, 0.717) is 16.5 Å². The second kappa shape index (κ2) is 6.11. The Balaban J connectivity index is 3.04. The van der Waals surface area contributed by atoms with Crippen molar-refractivity contribution in [1.82, 2.24) is 4.72 Å². The Labute approximate surface area is 120 Å². The summed E-state index contributed by atoms with van der Waals surface area (Å²) in [6.45, 7) is 7.66. The normalized spacial score (nSPS) is 13.8. The molecule has 0 heterocycles. The second-order valence-electron chi connectivity index (χ2n) is 5.29. The van der Waals surface area contributed by atoms with Crippen LogP contribution < -0.4 is 10.5 Å². The molecule has 0 saturated heterocycles. The Morgan fingerprint density at radius 3 is 2.42 bits per heavy atom. The Morgan fingerprint density at radius 2 is 1.89 bits per heavy atom. The first-order valence-electron chi connectivity index (χ1n) is 6.21. The second-order valence-corrected chi connectivity index (χ2v) is 7.38. The summed E-state index contributed by atoms with van der Waals surface area (Å²) in [4.78, 5) is 0.185. The summed E-state index contributed by atoms with van der Waals surface area (Å²) in [6, 6.07) is 2.85. The summed E-state index contributed by atoms with van der Waals surface area (Å²) in [5.41, 5.74) is 6.53. The molecule has 19 heavy (non-hydrogen) atoms. The highest BCUT2D eigenvalue weighted by Gasteiger charge is 2.21. The topological polar surface area (TPSA) is 72.2 Å². The maximum Gasteiger partial charge on any atom is 0.241 e. The van der Waals surface area contributed by atoms with Crippen LogP contribution in [0.5, 0.6) is 0 Å². The number of hydrogen-bond acceptors (Lipinski definition) is 3. The van der Waals surface area contributed by atoms with E-state index in [1.165, 1.54) is 6.07 Å². The highest BCUT2D eigenvalue weighted by molar-refractivity contribution is 7.89. The summed E-state index contributed by atoms with van der Waals surface area (Å²) in [7, 11) is -3.56. The van der Waals surface area contributed by atoms with E-state index in [-0.39, 0.29) is 16.6 Å². The third-order valence-electron chi connectivity index (χ3n) is 2.77. The molecule has 0 bridgehead atoms. The van der Waals surface area contributed by atoms with Crippen LogP contribution in [0.4, 0.5) is 5.69 Å². The molecule has 108 valence electrons. The van der Waals surface area contributed by atoms with Gasteiger partial charge in [0.05, 0.1) is 15.6 Å². The van der Waals surface area contributed by atoms with Crippen LogP contribution in [0.2, 0.25) is 5.02 Å². The van der Waals surface area contributed by atoms with Gasteiger partial charge in [0.15, 0.2) is 0 Å². The van der Waals surface area contributed by atoms with E-state index in [0.717, 1.165) is 6.42 Å². The molecule has 4 nitrogen and oxygen atoms in total. The van der Waals surface area contributed by atoms with Crippen molar-refractivity contribution in [2.45, 2.75) is 45.1 Å². The summed E-state index contributed by atoms with van der Waals surface area (Å²) >= 11 is 5.87. The molecule has 0 aliphatic rings. The molecule has 6 heteroatoms. The Bertz CT molecular complexity index is 556. The zero-order valence-electron chi connectivity index (χ0n) is 11.7. The molecule has 0 saturated carbocycles. The lowest BCUT2D eigenvalue weighted by Gasteiger charge is -2.17. The molecule has 0 aliphatic carbocycles. The SMILES string of the molecule is Cc1cc(Cl)c(N)cc1S(=O)(=O)NC(C)CC(C)C. The minimum atomic E-state index is -3.56. The predicted octanol–water partition coefficient (Wildman–Crippen LogP) is 2.94. The number of anilines is 1. The van der Waals surface area contributed by atoms with E-state index in [1.54, 1.807) is 13.0 Å². The average molecular weight is 305 g/mol. The molecule has 0 aromatic heterocycles. The third-order valence-corrected chi connectivity index (χ3v) is 4.82. The first-order valence-corrected chi connectivity index (χ1v) is 8.07. The molecule has 3 N–H and O–H groups in total. The molecule has 0 radical (unpaired) electrons. The van der Waals surface area contributed by atoms with Crippen LogP contribution >= 0.6 is 11.6 Å². The lowest BCUT2D eigenvalue weighted by atomic mass is 10.1. The lowest BCUT2D eigenvalue weighted by molar-refractivity contribution is 0.482. The van der Waals surface area contributed by atoms with Gasteiger partial charge >= 0.3 is 0 Å². The number of benzene rings is 1. The number of aryl methyl sites for hydroxylation is 1. The van der Waals surface area contributed by atoms with E-state index in [9.17, 15) is 8.42 Å². The van der Waals surface area contributed by atoms with Crippen LogP contribution in [0.15, 0.2) is 17.0 Å². The number of nitrogens with one attached hydrogen (secondary N) is 1. The number of rotatable bonds is 5. The van der Waals surface area contributed by atoms with E-state index in [1.807, 2.05) is 6.92 Å². The van der Waals surface area contributed by atoms with Crippen LogP contribution in [-0.4, -0.2) is 14.5 Å². The fourth-order valence-corrected chi connectivity index (χ4v) is 3.78. The predicted molar refractivity (Wildman–Crippen MR) is 79.8 cm³/mol. The standard InChI is InChI=1S/C13H21ClN2O2S/c1-8(2)5-10(4)16-19(17,18)13-7-12(15)11(14)6-9(13)3/h6-8,10,16H,5,15H2,1-4H3. The molecule has 1 atom stereocenters.